The number of nitriles is 1. The van der Waals surface area contributed by atoms with Crippen LogP contribution in [0.4, 0.5) is 0 Å². The van der Waals surface area contributed by atoms with E-state index in [1.54, 1.807) is 0 Å². The molecule has 1 aromatic carbocycles. The van der Waals surface area contributed by atoms with Crippen molar-refractivity contribution in [3.05, 3.63) is 23.8 Å². The van der Waals surface area contributed by atoms with Crippen LogP contribution in [-0.4, -0.2) is 33.5 Å². The number of rotatable bonds is 9. The molecule has 0 fully saturated rings. The van der Waals surface area contributed by atoms with Gasteiger partial charge in [0.1, 0.15) is 11.8 Å². The van der Waals surface area contributed by atoms with Gasteiger partial charge >= 0.3 is 0 Å². The number of ether oxygens (including phenoxy) is 1. The molecule has 0 aromatic heterocycles. The van der Waals surface area contributed by atoms with E-state index in [4.69, 9.17) is 10.00 Å². The van der Waals surface area contributed by atoms with Crippen LogP contribution < -0.4 is 14.8 Å². The largest absolute Gasteiger partial charge is 0.492 e. The Labute approximate surface area is 143 Å². The molecule has 0 saturated carbocycles. The second-order valence-corrected chi connectivity index (χ2v) is 7.26. The summed E-state index contributed by atoms with van der Waals surface area (Å²) >= 11 is 0. The van der Waals surface area contributed by atoms with E-state index in [-0.39, 0.29) is 35.4 Å². The highest BCUT2D eigenvalue weighted by atomic mass is 32.2. The molecule has 7 nitrogen and oxygen atoms in total. The smallest absolute Gasteiger partial charge is 0.240 e. The topological polar surface area (TPSA) is 108 Å². The van der Waals surface area contributed by atoms with Crippen LogP contribution in [-0.2, 0) is 14.8 Å². The van der Waals surface area contributed by atoms with Crippen molar-refractivity contribution in [2.75, 3.05) is 13.2 Å². The van der Waals surface area contributed by atoms with Gasteiger partial charge in [0.25, 0.3) is 0 Å². The van der Waals surface area contributed by atoms with E-state index in [0.29, 0.717) is 12.4 Å². The second kappa shape index (κ2) is 9.25. The van der Waals surface area contributed by atoms with Gasteiger partial charge in [-0.2, -0.15) is 5.26 Å². The first-order chi connectivity index (χ1) is 11.3. The molecular formula is C16H23N3O4S. The Bertz CT molecular complexity index is 709. The Hall–Kier alpha value is -2.11. The monoisotopic (exact) mass is 353 g/mol. The number of benzene rings is 1. The summed E-state index contributed by atoms with van der Waals surface area (Å²) in [5.74, 6) is 0.128. The minimum absolute atomic E-state index is 0.00274. The highest BCUT2D eigenvalue weighted by Crippen LogP contribution is 2.22. The predicted molar refractivity (Wildman–Crippen MR) is 90.0 cm³/mol. The minimum Gasteiger partial charge on any atom is -0.492 e. The Morgan fingerprint density at radius 3 is 2.67 bits per heavy atom. The van der Waals surface area contributed by atoms with Gasteiger partial charge in [0, 0.05) is 19.0 Å². The second-order valence-electron chi connectivity index (χ2n) is 5.49. The summed E-state index contributed by atoms with van der Waals surface area (Å²) in [6, 6.07) is 6.04. The van der Waals surface area contributed by atoms with Crippen molar-refractivity contribution in [3.8, 4) is 11.8 Å². The van der Waals surface area contributed by atoms with Gasteiger partial charge in [-0.3, -0.25) is 4.79 Å². The molecule has 0 unspecified atom stereocenters. The molecule has 1 aromatic rings. The molecule has 132 valence electrons. The zero-order valence-electron chi connectivity index (χ0n) is 14.1. The summed E-state index contributed by atoms with van der Waals surface area (Å²) < 4.78 is 32.2. The summed E-state index contributed by atoms with van der Waals surface area (Å²) in [6.07, 6.45) is 0.825. The van der Waals surface area contributed by atoms with Crippen LogP contribution in [0.25, 0.3) is 0 Å². The first kappa shape index (κ1) is 19.9. The first-order valence-corrected chi connectivity index (χ1v) is 9.24. The highest BCUT2D eigenvalue weighted by molar-refractivity contribution is 7.89. The zero-order chi connectivity index (χ0) is 18.2. The van der Waals surface area contributed by atoms with E-state index in [0.717, 1.165) is 6.42 Å². The van der Waals surface area contributed by atoms with Gasteiger partial charge in [-0.15, -0.1) is 0 Å². The van der Waals surface area contributed by atoms with Gasteiger partial charge in [-0.25, -0.2) is 13.1 Å². The molecule has 0 spiro atoms. The molecule has 2 N–H and O–H groups in total. The number of hydrogen-bond donors (Lipinski definition) is 2. The lowest BCUT2D eigenvalue weighted by Crippen LogP contribution is -2.34. The number of carbonyl (C=O) groups is 1. The van der Waals surface area contributed by atoms with Crippen LogP contribution in [0.1, 0.15) is 39.2 Å². The van der Waals surface area contributed by atoms with Crippen LogP contribution in [0, 0.1) is 11.3 Å². The molecule has 1 amide bonds. The van der Waals surface area contributed by atoms with Crippen molar-refractivity contribution in [1.82, 2.24) is 10.0 Å². The van der Waals surface area contributed by atoms with Crippen molar-refractivity contribution in [2.45, 2.75) is 44.6 Å². The van der Waals surface area contributed by atoms with Crippen LogP contribution in [0.2, 0.25) is 0 Å². The molecule has 0 heterocycles. The van der Waals surface area contributed by atoms with Gasteiger partial charge in [0.05, 0.1) is 17.1 Å². The van der Waals surface area contributed by atoms with Crippen molar-refractivity contribution in [1.29, 1.82) is 5.26 Å². The molecule has 0 atom stereocenters. The lowest BCUT2D eigenvalue weighted by Gasteiger charge is -2.11. The molecular weight excluding hydrogens is 330 g/mol. The van der Waals surface area contributed by atoms with Crippen LogP contribution in [0.3, 0.4) is 0 Å². The quantitative estimate of drug-likeness (QED) is 0.700. The third-order valence-electron chi connectivity index (χ3n) is 2.94. The van der Waals surface area contributed by atoms with Crippen molar-refractivity contribution >= 4 is 15.9 Å². The third-order valence-corrected chi connectivity index (χ3v) is 4.40. The molecule has 0 radical (unpaired) electrons. The number of amides is 1. The van der Waals surface area contributed by atoms with Crippen LogP contribution in [0.15, 0.2) is 23.1 Å². The molecule has 0 saturated heterocycles. The highest BCUT2D eigenvalue weighted by Gasteiger charge is 2.17. The lowest BCUT2D eigenvalue weighted by atomic mass is 10.2. The van der Waals surface area contributed by atoms with E-state index in [1.165, 1.54) is 18.2 Å². The Morgan fingerprint density at radius 1 is 1.38 bits per heavy atom. The van der Waals surface area contributed by atoms with Crippen molar-refractivity contribution in [3.63, 3.8) is 0 Å². The zero-order valence-corrected chi connectivity index (χ0v) is 14.9. The molecule has 1 rings (SSSR count). The number of sulfonamides is 1. The minimum atomic E-state index is -3.79. The molecule has 0 bridgehead atoms. The Morgan fingerprint density at radius 2 is 2.08 bits per heavy atom. The van der Waals surface area contributed by atoms with Gasteiger partial charge < -0.3 is 10.1 Å². The van der Waals surface area contributed by atoms with Gasteiger partial charge in [0.15, 0.2) is 0 Å². The fourth-order valence-electron chi connectivity index (χ4n) is 1.88. The molecule has 8 heteroatoms. The number of carbonyl (C=O) groups excluding carboxylic acids is 1. The standard InChI is InChI=1S/C16H23N3O4S/c1-4-9-23-15-6-5-14(10-13(15)11-17)24(21,22)18-8-7-16(20)19-12(2)3/h5-6,10,12,18H,4,7-9H2,1-3H3,(H,19,20). The number of nitrogens with one attached hydrogen (secondary N) is 2. The van der Waals surface area contributed by atoms with Crippen molar-refractivity contribution in [2.24, 2.45) is 0 Å². The third kappa shape index (κ3) is 6.18. The van der Waals surface area contributed by atoms with E-state index < -0.39 is 10.0 Å². The summed E-state index contributed by atoms with van der Waals surface area (Å²) in [6.45, 7) is 6.02. The average Bonchev–Trinajstić information content (AvgIpc) is 2.51. The van der Waals surface area contributed by atoms with E-state index in [9.17, 15) is 13.2 Å². The molecule has 0 aliphatic heterocycles. The molecule has 24 heavy (non-hydrogen) atoms. The molecule has 0 aliphatic carbocycles. The van der Waals surface area contributed by atoms with E-state index in [1.807, 2.05) is 26.8 Å². The first-order valence-electron chi connectivity index (χ1n) is 7.76. The SMILES string of the molecule is CCCOc1ccc(S(=O)(=O)NCCC(=O)NC(C)C)cc1C#N. The lowest BCUT2D eigenvalue weighted by molar-refractivity contribution is -0.121. The Balaban J connectivity index is 2.77. The average molecular weight is 353 g/mol. The van der Waals surface area contributed by atoms with Gasteiger partial charge in [-0.05, 0) is 38.5 Å². The van der Waals surface area contributed by atoms with E-state index >= 15 is 0 Å². The van der Waals surface area contributed by atoms with Crippen LogP contribution >= 0.6 is 0 Å². The summed E-state index contributed by atoms with van der Waals surface area (Å²) in [5, 5.41) is 11.8. The maximum atomic E-state index is 12.2. The van der Waals surface area contributed by atoms with Crippen molar-refractivity contribution < 1.29 is 17.9 Å². The summed E-state index contributed by atoms with van der Waals surface area (Å²) in [4.78, 5) is 11.5. The van der Waals surface area contributed by atoms with Gasteiger partial charge in [0.2, 0.25) is 15.9 Å². The summed E-state index contributed by atoms with van der Waals surface area (Å²) in [5.41, 5.74) is 0.156. The number of nitrogens with zero attached hydrogens (tertiary/aromatic N) is 1. The van der Waals surface area contributed by atoms with Crippen LogP contribution in [0.5, 0.6) is 5.75 Å². The predicted octanol–water partition coefficient (Wildman–Crippen LogP) is 1.54. The molecule has 0 aliphatic rings. The fourth-order valence-corrected chi connectivity index (χ4v) is 2.94. The maximum absolute atomic E-state index is 12.2. The normalized spacial score (nSPS) is 11.1. The maximum Gasteiger partial charge on any atom is 0.240 e. The number of hydrogen-bond acceptors (Lipinski definition) is 5. The Kier molecular flexibility index (Phi) is 7.68. The van der Waals surface area contributed by atoms with E-state index in [2.05, 4.69) is 10.0 Å². The van der Waals surface area contributed by atoms with Gasteiger partial charge in [-0.1, -0.05) is 6.92 Å². The fraction of sp³-hybridized carbons (Fsp3) is 0.500. The summed E-state index contributed by atoms with van der Waals surface area (Å²) in [7, 11) is -3.79.